The molecule has 0 bridgehead atoms. The number of rotatable bonds is 3. The normalized spacial score (nSPS) is 10.9. The van der Waals surface area contributed by atoms with Crippen LogP contribution in [0.5, 0.6) is 5.75 Å². The van der Waals surface area contributed by atoms with Crippen LogP contribution in [0.4, 0.5) is 5.69 Å². The second kappa shape index (κ2) is 4.85. The van der Waals surface area contributed by atoms with Crippen LogP contribution in [0.2, 0.25) is 0 Å². The van der Waals surface area contributed by atoms with Crippen LogP contribution in [0, 0.1) is 13.8 Å². The highest BCUT2D eigenvalue weighted by molar-refractivity contribution is 5.73. The van der Waals surface area contributed by atoms with Crippen molar-refractivity contribution >= 4 is 16.7 Å². The molecule has 0 unspecified atom stereocenters. The minimum absolute atomic E-state index is 0.319. The Labute approximate surface area is 116 Å². The monoisotopic (exact) mass is 268 g/mol. The van der Waals surface area contributed by atoms with E-state index < -0.39 is 0 Å². The lowest BCUT2D eigenvalue weighted by molar-refractivity contribution is 0.470. The zero-order valence-corrected chi connectivity index (χ0v) is 11.5. The summed E-state index contributed by atoms with van der Waals surface area (Å²) < 4.78 is 1.82. The number of para-hydroxylation sites is 1. The van der Waals surface area contributed by atoms with E-state index in [-0.39, 0.29) is 0 Å². The summed E-state index contributed by atoms with van der Waals surface area (Å²) in [6, 6.07) is 11.4. The van der Waals surface area contributed by atoms with Crippen molar-refractivity contribution in [3.8, 4) is 5.75 Å². The molecule has 2 N–H and O–H groups in total. The van der Waals surface area contributed by atoms with Crippen molar-refractivity contribution in [2.24, 2.45) is 0 Å². The third-order valence-electron chi connectivity index (χ3n) is 3.60. The Bertz CT molecular complexity index is 764. The lowest BCUT2D eigenvalue weighted by Gasteiger charge is -2.12. The van der Waals surface area contributed by atoms with Gasteiger partial charge in [0.15, 0.2) is 0 Å². The van der Waals surface area contributed by atoms with Gasteiger partial charge in [-0.15, -0.1) is 5.10 Å². The lowest BCUT2D eigenvalue weighted by atomic mass is 10.1. The van der Waals surface area contributed by atoms with Gasteiger partial charge in [0.2, 0.25) is 0 Å². The summed E-state index contributed by atoms with van der Waals surface area (Å²) in [5, 5.41) is 21.2. The molecule has 0 saturated heterocycles. The number of nitrogens with zero attached hydrogens (tertiary/aromatic N) is 3. The first kappa shape index (κ1) is 12.5. The van der Waals surface area contributed by atoms with Gasteiger partial charge >= 0.3 is 0 Å². The third kappa shape index (κ3) is 2.07. The van der Waals surface area contributed by atoms with Crippen molar-refractivity contribution in [3.63, 3.8) is 0 Å². The Morgan fingerprint density at radius 2 is 1.90 bits per heavy atom. The van der Waals surface area contributed by atoms with Crippen molar-refractivity contribution in [1.29, 1.82) is 0 Å². The summed E-state index contributed by atoms with van der Waals surface area (Å²) in [6.45, 7) is 4.42. The van der Waals surface area contributed by atoms with Crippen LogP contribution in [0.3, 0.4) is 0 Å². The average Bonchev–Trinajstić information content (AvgIpc) is 2.87. The maximum Gasteiger partial charge on any atom is 0.118 e. The van der Waals surface area contributed by atoms with E-state index in [0.29, 0.717) is 12.4 Å². The van der Waals surface area contributed by atoms with E-state index in [4.69, 9.17) is 0 Å². The Kier molecular flexibility index (Phi) is 3.02. The van der Waals surface area contributed by atoms with Crippen molar-refractivity contribution < 1.29 is 5.11 Å². The van der Waals surface area contributed by atoms with Gasteiger partial charge in [-0.2, -0.15) is 0 Å². The number of hydrogen-bond donors (Lipinski definition) is 2. The summed E-state index contributed by atoms with van der Waals surface area (Å²) in [5.74, 6) is 0.319. The average molecular weight is 268 g/mol. The van der Waals surface area contributed by atoms with Crippen LogP contribution < -0.4 is 5.32 Å². The second-order valence-electron chi connectivity index (χ2n) is 4.79. The lowest BCUT2D eigenvalue weighted by Crippen LogP contribution is -2.10. The molecular weight excluding hydrogens is 252 g/mol. The molecule has 0 fully saturated rings. The van der Waals surface area contributed by atoms with E-state index in [1.54, 1.807) is 6.07 Å². The molecule has 0 atom stereocenters. The Balaban J connectivity index is 1.85. The maximum atomic E-state index is 9.66. The topological polar surface area (TPSA) is 63.0 Å². The minimum atomic E-state index is 0.319. The molecule has 0 aliphatic carbocycles. The highest BCUT2D eigenvalue weighted by Gasteiger charge is 2.06. The fourth-order valence-electron chi connectivity index (χ4n) is 2.19. The van der Waals surface area contributed by atoms with Gasteiger partial charge in [-0.25, -0.2) is 4.68 Å². The van der Waals surface area contributed by atoms with E-state index in [1.807, 2.05) is 48.9 Å². The van der Waals surface area contributed by atoms with E-state index >= 15 is 0 Å². The molecular formula is C15H16N4O. The van der Waals surface area contributed by atoms with Crippen LogP contribution in [0.25, 0.3) is 11.0 Å². The highest BCUT2D eigenvalue weighted by Crippen LogP contribution is 2.26. The summed E-state index contributed by atoms with van der Waals surface area (Å²) in [5.41, 5.74) is 4.79. The number of aromatic nitrogens is 3. The largest absolute Gasteiger partial charge is 0.508 e. The predicted octanol–water partition coefficient (Wildman–Crippen LogP) is 2.82. The van der Waals surface area contributed by atoms with Gasteiger partial charge < -0.3 is 10.4 Å². The molecule has 5 heteroatoms. The van der Waals surface area contributed by atoms with Crippen molar-refractivity contribution in [2.75, 3.05) is 5.32 Å². The molecule has 0 aliphatic heterocycles. The zero-order chi connectivity index (χ0) is 14.1. The van der Waals surface area contributed by atoms with E-state index in [9.17, 15) is 5.11 Å². The molecule has 0 spiro atoms. The number of benzene rings is 2. The quantitative estimate of drug-likeness (QED) is 0.717. The summed E-state index contributed by atoms with van der Waals surface area (Å²) >= 11 is 0. The second-order valence-corrected chi connectivity index (χ2v) is 4.79. The van der Waals surface area contributed by atoms with E-state index in [0.717, 1.165) is 27.8 Å². The zero-order valence-electron chi connectivity index (χ0n) is 11.5. The van der Waals surface area contributed by atoms with Gasteiger partial charge in [0.1, 0.15) is 17.9 Å². The number of phenols is 1. The molecule has 1 heterocycles. The summed E-state index contributed by atoms with van der Waals surface area (Å²) in [4.78, 5) is 0. The van der Waals surface area contributed by atoms with Crippen LogP contribution in [0.15, 0.2) is 36.4 Å². The molecule has 0 amide bonds. The number of hydrogen-bond acceptors (Lipinski definition) is 4. The predicted molar refractivity (Wildman–Crippen MR) is 78.7 cm³/mol. The Morgan fingerprint density at radius 3 is 2.75 bits per heavy atom. The Morgan fingerprint density at radius 1 is 1.10 bits per heavy atom. The molecule has 20 heavy (non-hydrogen) atoms. The molecule has 5 nitrogen and oxygen atoms in total. The molecule has 0 radical (unpaired) electrons. The molecule has 102 valence electrons. The van der Waals surface area contributed by atoms with E-state index in [1.165, 1.54) is 0 Å². The number of aromatic hydroxyl groups is 1. The van der Waals surface area contributed by atoms with Crippen LogP contribution in [-0.4, -0.2) is 20.1 Å². The van der Waals surface area contributed by atoms with Crippen molar-refractivity contribution in [2.45, 2.75) is 20.5 Å². The molecule has 0 aliphatic rings. The van der Waals surface area contributed by atoms with Crippen LogP contribution in [0.1, 0.15) is 11.1 Å². The maximum absolute atomic E-state index is 9.66. The first-order valence-electron chi connectivity index (χ1n) is 6.48. The van der Waals surface area contributed by atoms with Crippen LogP contribution in [-0.2, 0) is 6.67 Å². The number of anilines is 1. The summed E-state index contributed by atoms with van der Waals surface area (Å²) in [7, 11) is 0. The number of phenolic OH excluding ortho intramolecular Hbond substituents is 1. The Hall–Kier alpha value is -2.56. The third-order valence-corrected chi connectivity index (χ3v) is 3.60. The van der Waals surface area contributed by atoms with Gasteiger partial charge in [0.25, 0.3) is 0 Å². The first-order valence-corrected chi connectivity index (χ1v) is 6.48. The summed E-state index contributed by atoms with van der Waals surface area (Å²) in [6.07, 6.45) is 0. The smallest absolute Gasteiger partial charge is 0.118 e. The molecule has 2 aromatic carbocycles. The number of nitrogens with one attached hydrogen (secondary N) is 1. The molecule has 3 aromatic rings. The number of fused-ring (bicyclic) bond motifs is 1. The molecule has 0 saturated carbocycles. The van der Waals surface area contributed by atoms with Gasteiger partial charge in [0.05, 0.1) is 5.52 Å². The van der Waals surface area contributed by atoms with Gasteiger partial charge in [0, 0.05) is 5.69 Å². The molecule has 1 aromatic heterocycles. The standard InChI is InChI=1S/C15H16N4O/c1-10-11(2)15(20)8-7-12(10)16-9-19-14-6-4-3-5-13(14)17-18-19/h3-8,16,20H,9H2,1-2H3. The van der Waals surface area contributed by atoms with Gasteiger partial charge in [-0.3, -0.25) is 0 Å². The molecule has 3 rings (SSSR count). The van der Waals surface area contributed by atoms with Gasteiger partial charge in [-0.1, -0.05) is 17.3 Å². The van der Waals surface area contributed by atoms with Crippen LogP contribution >= 0.6 is 0 Å². The van der Waals surface area contributed by atoms with Crippen molar-refractivity contribution in [3.05, 3.63) is 47.5 Å². The minimum Gasteiger partial charge on any atom is -0.508 e. The first-order chi connectivity index (χ1) is 9.66. The van der Waals surface area contributed by atoms with Gasteiger partial charge in [-0.05, 0) is 49.2 Å². The fourth-order valence-corrected chi connectivity index (χ4v) is 2.19. The van der Waals surface area contributed by atoms with E-state index in [2.05, 4.69) is 15.6 Å². The SMILES string of the molecule is Cc1c(O)ccc(NCn2nnc3ccccc32)c1C. The highest BCUT2D eigenvalue weighted by atomic mass is 16.3. The fraction of sp³-hybridized carbons (Fsp3) is 0.200. The van der Waals surface area contributed by atoms with Crippen molar-refractivity contribution in [1.82, 2.24) is 15.0 Å².